The second kappa shape index (κ2) is 8.80. The van der Waals surface area contributed by atoms with Gasteiger partial charge in [-0.15, -0.1) is 0 Å². The van der Waals surface area contributed by atoms with Crippen molar-refractivity contribution in [2.45, 2.75) is 43.4 Å². The van der Waals surface area contributed by atoms with Gasteiger partial charge < -0.3 is 10.4 Å². The average molecular weight is 464 g/mol. The number of alkyl halides is 2. The third kappa shape index (κ3) is 4.68. The highest BCUT2D eigenvalue weighted by molar-refractivity contribution is 5.51. The van der Waals surface area contributed by atoms with Crippen molar-refractivity contribution in [1.82, 2.24) is 9.80 Å². The molecule has 1 saturated heterocycles. The van der Waals surface area contributed by atoms with Crippen molar-refractivity contribution < 1.29 is 22.7 Å². The van der Waals surface area contributed by atoms with Crippen molar-refractivity contribution >= 4 is 5.69 Å². The van der Waals surface area contributed by atoms with Crippen molar-refractivity contribution in [3.63, 3.8) is 0 Å². The van der Waals surface area contributed by atoms with Crippen molar-refractivity contribution in [3.05, 3.63) is 58.7 Å². The summed E-state index contributed by atoms with van der Waals surface area (Å²) in [4.78, 5) is 3.92. The maximum absolute atomic E-state index is 15.4. The van der Waals surface area contributed by atoms with E-state index in [1.165, 1.54) is 18.2 Å². The fourth-order valence-corrected chi connectivity index (χ4v) is 5.12. The number of phenolic OH excluding ortho intramolecular Hbond substituents is 1. The number of hydrogen-bond acceptors (Lipinski definition) is 4. The number of nitrogens with zero attached hydrogens (tertiary/aromatic N) is 2. The Kier molecular flexibility index (Phi) is 5.99. The first-order chi connectivity index (χ1) is 15.8. The molecule has 3 aliphatic rings. The molecule has 2 fully saturated rings. The summed E-state index contributed by atoms with van der Waals surface area (Å²) >= 11 is 0. The predicted octanol–water partition coefficient (Wildman–Crippen LogP) is 4.58. The van der Waals surface area contributed by atoms with Gasteiger partial charge >= 0.3 is 0 Å². The highest BCUT2D eigenvalue weighted by Crippen LogP contribution is 2.45. The molecule has 0 bridgehead atoms. The minimum absolute atomic E-state index is 0.0606. The largest absolute Gasteiger partial charge is 0.508 e. The first-order valence-corrected chi connectivity index (χ1v) is 11.6. The molecule has 0 radical (unpaired) electrons. The second-order valence-electron chi connectivity index (χ2n) is 9.65. The van der Waals surface area contributed by atoms with E-state index in [0.717, 1.165) is 5.56 Å². The van der Waals surface area contributed by atoms with Crippen molar-refractivity contribution in [3.8, 4) is 5.75 Å². The van der Waals surface area contributed by atoms with E-state index in [1.54, 1.807) is 12.1 Å². The Morgan fingerprint density at radius 2 is 1.82 bits per heavy atom. The molecule has 1 aliphatic carbocycles. The summed E-state index contributed by atoms with van der Waals surface area (Å²) in [6.45, 7) is 2.33. The smallest absolute Gasteiger partial charge is 0.133 e. The molecule has 8 heteroatoms. The van der Waals surface area contributed by atoms with Crippen LogP contribution in [0.1, 0.15) is 42.0 Å². The lowest BCUT2D eigenvalue weighted by Crippen LogP contribution is -2.54. The van der Waals surface area contributed by atoms with Crippen LogP contribution in [0.2, 0.25) is 0 Å². The van der Waals surface area contributed by atoms with Crippen LogP contribution in [0.5, 0.6) is 5.75 Å². The summed E-state index contributed by atoms with van der Waals surface area (Å²) in [5.41, 5.74) is 0.503. The van der Waals surface area contributed by atoms with Gasteiger partial charge in [-0.3, -0.25) is 14.2 Å². The Morgan fingerprint density at radius 3 is 2.48 bits per heavy atom. The lowest BCUT2D eigenvalue weighted by molar-refractivity contribution is 0.136. The van der Waals surface area contributed by atoms with Crippen LogP contribution in [0.3, 0.4) is 0 Å². The number of benzene rings is 2. The van der Waals surface area contributed by atoms with Crippen LogP contribution in [-0.2, 0) is 6.42 Å². The molecule has 0 spiro atoms. The molecule has 4 nitrogen and oxygen atoms in total. The first-order valence-electron chi connectivity index (χ1n) is 11.6. The summed E-state index contributed by atoms with van der Waals surface area (Å²) in [7, 11) is 0. The Labute approximate surface area is 191 Å². The molecule has 1 unspecified atom stereocenters. The van der Waals surface area contributed by atoms with Gasteiger partial charge in [0.1, 0.15) is 23.1 Å². The summed E-state index contributed by atoms with van der Waals surface area (Å²) < 4.78 is 57.8. The number of halogens is 4. The summed E-state index contributed by atoms with van der Waals surface area (Å²) in [6, 6.07) is 6.73. The standard InChI is InChI=1S/C25H29F4N3O/c26-7-1-8-31-13-18(14-31)30-17-11-21(27)23(22(28)12-17)24-20-3-2-19(33)10-16(20)4-9-32(24)15-25(29)5-6-25/h2-3,10-12,18,24,30,33H,1,4-9,13-15H2. The first kappa shape index (κ1) is 22.5. The van der Waals surface area contributed by atoms with Crippen molar-refractivity contribution in [2.75, 3.05) is 44.7 Å². The van der Waals surface area contributed by atoms with Gasteiger partial charge in [-0.05, 0) is 61.1 Å². The quantitative estimate of drug-likeness (QED) is 0.563. The zero-order chi connectivity index (χ0) is 23.2. The van der Waals surface area contributed by atoms with Crippen LogP contribution in [-0.4, -0.2) is 66.0 Å². The van der Waals surface area contributed by atoms with Gasteiger partial charge in [-0.2, -0.15) is 0 Å². The maximum Gasteiger partial charge on any atom is 0.133 e. The van der Waals surface area contributed by atoms with Crippen LogP contribution in [0, 0.1) is 11.6 Å². The van der Waals surface area contributed by atoms with Crippen LogP contribution in [0.4, 0.5) is 23.2 Å². The normalized spacial score (nSPS) is 22.6. The Morgan fingerprint density at radius 1 is 1.09 bits per heavy atom. The molecule has 2 aromatic rings. The molecular weight excluding hydrogens is 434 g/mol. The molecule has 2 aliphatic heterocycles. The fourth-order valence-electron chi connectivity index (χ4n) is 5.12. The number of fused-ring (bicyclic) bond motifs is 1. The highest BCUT2D eigenvalue weighted by atomic mass is 19.1. The lowest BCUT2D eigenvalue weighted by Gasteiger charge is -2.40. The van der Waals surface area contributed by atoms with Crippen LogP contribution >= 0.6 is 0 Å². The molecule has 1 saturated carbocycles. The second-order valence-corrected chi connectivity index (χ2v) is 9.65. The zero-order valence-corrected chi connectivity index (χ0v) is 18.5. The van der Waals surface area contributed by atoms with Gasteiger partial charge in [-0.25, -0.2) is 13.2 Å². The van der Waals surface area contributed by atoms with E-state index in [-0.39, 0.29) is 30.6 Å². The van der Waals surface area contributed by atoms with Crippen LogP contribution in [0.25, 0.3) is 0 Å². The van der Waals surface area contributed by atoms with E-state index < -0.39 is 23.3 Å². The zero-order valence-electron chi connectivity index (χ0n) is 18.5. The minimum Gasteiger partial charge on any atom is -0.508 e. The number of aromatic hydroxyl groups is 1. The third-order valence-corrected chi connectivity index (χ3v) is 7.02. The molecule has 33 heavy (non-hydrogen) atoms. The van der Waals surface area contributed by atoms with Gasteiger partial charge in [0.25, 0.3) is 0 Å². The Bertz CT molecular complexity index is 1000. The van der Waals surface area contributed by atoms with Gasteiger partial charge in [0.15, 0.2) is 0 Å². The number of phenols is 1. The topological polar surface area (TPSA) is 38.7 Å². The lowest BCUT2D eigenvalue weighted by atomic mass is 9.87. The van der Waals surface area contributed by atoms with Crippen LogP contribution < -0.4 is 5.32 Å². The summed E-state index contributed by atoms with van der Waals surface area (Å²) in [5.74, 6) is -1.25. The predicted molar refractivity (Wildman–Crippen MR) is 119 cm³/mol. The number of nitrogens with one attached hydrogen (secondary N) is 1. The molecule has 178 valence electrons. The van der Waals surface area contributed by atoms with E-state index in [0.29, 0.717) is 63.1 Å². The number of likely N-dealkylation sites (tertiary alicyclic amines) is 1. The Hall–Kier alpha value is -2.32. The van der Waals surface area contributed by atoms with Crippen LogP contribution in [0.15, 0.2) is 30.3 Å². The molecule has 2 heterocycles. The SMILES string of the molecule is Oc1ccc2c(c1)CCN(CC1(F)CC1)C2c1c(F)cc(NC2CN(CCCF)C2)cc1F. The minimum atomic E-state index is -1.29. The summed E-state index contributed by atoms with van der Waals surface area (Å²) in [5, 5.41) is 13.0. The molecule has 2 N–H and O–H groups in total. The van der Waals surface area contributed by atoms with Crippen molar-refractivity contribution in [2.24, 2.45) is 0 Å². The van der Waals surface area contributed by atoms with Gasteiger partial charge in [0.05, 0.1) is 18.8 Å². The molecule has 5 rings (SSSR count). The fraction of sp³-hybridized carbons (Fsp3) is 0.520. The molecule has 0 aromatic heterocycles. The maximum atomic E-state index is 15.4. The average Bonchev–Trinajstić information content (AvgIpc) is 3.47. The van der Waals surface area contributed by atoms with E-state index >= 15 is 8.78 Å². The van der Waals surface area contributed by atoms with E-state index in [1.807, 2.05) is 4.90 Å². The molecule has 2 aromatic carbocycles. The van der Waals surface area contributed by atoms with Crippen molar-refractivity contribution in [1.29, 1.82) is 0 Å². The van der Waals surface area contributed by atoms with Gasteiger partial charge in [0.2, 0.25) is 0 Å². The number of rotatable bonds is 8. The molecule has 0 amide bonds. The number of hydrogen-bond donors (Lipinski definition) is 2. The molecule has 1 atom stereocenters. The van der Waals surface area contributed by atoms with Gasteiger partial charge in [-0.1, -0.05) is 6.07 Å². The Balaban J connectivity index is 1.40. The molecular formula is C25H29F4N3O. The number of anilines is 1. The third-order valence-electron chi connectivity index (χ3n) is 7.02. The highest BCUT2D eigenvalue weighted by Gasteiger charge is 2.47. The summed E-state index contributed by atoms with van der Waals surface area (Å²) in [6.07, 6.45) is 2.01. The monoisotopic (exact) mass is 463 g/mol. The van der Waals surface area contributed by atoms with E-state index in [2.05, 4.69) is 10.2 Å². The van der Waals surface area contributed by atoms with Gasteiger partial charge in [0, 0.05) is 44.0 Å². The van der Waals surface area contributed by atoms with E-state index in [4.69, 9.17) is 0 Å². The van der Waals surface area contributed by atoms with E-state index in [9.17, 15) is 13.9 Å².